The fourth-order valence-corrected chi connectivity index (χ4v) is 3.60. The zero-order valence-corrected chi connectivity index (χ0v) is 13.9. The van der Waals surface area contributed by atoms with Crippen LogP contribution in [0.4, 0.5) is 0 Å². The van der Waals surface area contributed by atoms with Crippen LogP contribution in [0.3, 0.4) is 0 Å². The van der Waals surface area contributed by atoms with Crippen LogP contribution in [-0.4, -0.2) is 24.5 Å². The molecule has 3 rings (SSSR count). The molecule has 0 amide bonds. The molecule has 0 unspecified atom stereocenters. The molecule has 1 aliphatic heterocycles. The summed E-state index contributed by atoms with van der Waals surface area (Å²) in [7, 11) is 0. The normalized spacial score (nSPS) is 22.1. The van der Waals surface area contributed by atoms with Gasteiger partial charge in [-0.15, -0.1) is 0 Å². The molecule has 2 nitrogen and oxygen atoms in total. The van der Waals surface area contributed by atoms with Gasteiger partial charge in [0.1, 0.15) is 0 Å². The lowest BCUT2D eigenvalue weighted by molar-refractivity contribution is 0.317. The van der Waals surface area contributed by atoms with Crippen molar-refractivity contribution in [3.8, 4) is 0 Å². The SMILES string of the molecule is NC[C@H]1CN(Cc2ccccc2)C[C@H]1c1ccc(Cl)c(Cl)c1. The Morgan fingerprint density at radius 3 is 2.45 bits per heavy atom. The summed E-state index contributed by atoms with van der Waals surface area (Å²) in [4.78, 5) is 2.47. The number of nitrogens with two attached hydrogens (primary N) is 1. The molecule has 1 fully saturated rings. The van der Waals surface area contributed by atoms with Crippen molar-refractivity contribution in [1.29, 1.82) is 0 Å². The van der Waals surface area contributed by atoms with Gasteiger partial charge in [0.25, 0.3) is 0 Å². The Morgan fingerprint density at radius 1 is 1.00 bits per heavy atom. The van der Waals surface area contributed by atoms with Crippen LogP contribution in [0, 0.1) is 5.92 Å². The summed E-state index contributed by atoms with van der Waals surface area (Å²) in [5.41, 5.74) is 8.58. The number of hydrogen-bond donors (Lipinski definition) is 1. The topological polar surface area (TPSA) is 29.3 Å². The van der Waals surface area contributed by atoms with Crippen molar-refractivity contribution in [3.63, 3.8) is 0 Å². The van der Waals surface area contributed by atoms with Gasteiger partial charge in [-0.2, -0.15) is 0 Å². The van der Waals surface area contributed by atoms with E-state index >= 15 is 0 Å². The highest BCUT2D eigenvalue weighted by atomic mass is 35.5. The van der Waals surface area contributed by atoms with E-state index in [0.29, 0.717) is 28.4 Å². The van der Waals surface area contributed by atoms with Crippen molar-refractivity contribution in [2.45, 2.75) is 12.5 Å². The number of benzene rings is 2. The summed E-state index contributed by atoms with van der Waals surface area (Å²) < 4.78 is 0. The minimum Gasteiger partial charge on any atom is -0.330 e. The highest BCUT2D eigenvalue weighted by Gasteiger charge is 2.32. The monoisotopic (exact) mass is 334 g/mol. The summed E-state index contributed by atoms with van der Waals surface area (Å²) in [6.07, 6.45) is 0. The van der Waals surface area contributed by atoms with Crippen LogP contribution in [0.25, 0.3) is 0 Å². The van der Waals surface area contributed by atoms with Crippen molar-refractivity contribution in [2.75, 3.05) is 19.6 Å². The van der Waals surface area contributed by atoms with Crippen LogP contribution in [0.15, 0.2) is 48.5 Å². The smallest absolute Gasteiger partial charge is 0.0595 e. The number of hydrogen-bond acceptors (Lipinski definition) is 2. The zero-order valence-electron chi connectivity index (χ0n) is 12.4. The average Bonchev–Trinajstić information content (AvgIpc) is 2.94. The summed E-state index contributed by atoms with van der Waals surface area (Å²) in [5.74, 6) is 0.879. The number of nitrogens with zero attached hydrogens (tertiary/aromatic N) is 1. The van der Waals surface area contributed by atoms with Crippen LogP contribution in [0.5, 0.6) is 0 Å². The zero-order chi connectivity index (χ0) is 15.5. The molecule has 0 aliphatic carbocycles. The third kappa shape index (κ3) is 3.47. The third-order valence-corrected chi connectivity index (χ3v) is 5.18. The lowest BCUT2D eigenvalue weighted by Gasteiger charge is -2.17. The minimum atomic E-state index is 0.420. The fraction of sp³-hybridized carbons (Fsp3) is 0.333. The maximum Gasteiger partial charge on any atom is 0.0595 e. The lowest BCUT2D eigenvalue weighted by atomic mass is 9.89. The van der Waals surface area contributed by atoms with Crippen LogP contribution in [0.1, 0.15) is 17.0 Å². The molecule has 0 aromatic heterocycles. The molecule has 1 heterocycles. The molecule has 2 aromatic rings. The number of likely N-dealkylation sites (tertiary alicyclic amines) is 1. The van der Waals surface area contributed by atoms with Gasteiger partial charge in [-0.25, -0.2) is 0 Å². The molecule has 0 spiro atoms. The molecule has 116 valence electrons. The summed E-state index contributed by atoms with van der Waals surface area (Å²) >= 11 is 12.2. The van der Waals surface area contributed by atoms with Gasteiger partial charge in [-0.05, 0) is 35.7 Å². The molecule has 0 radical (unpaired) electrons. The van der Waals surface area contributed by atoms with Gasteiger partial charge in [0, 0.05) is 25.6 Å². The Bertz CT molecular complexity index is 630. The van der Waals surface area contributed by atoms with E-state index in [-0.39, 0.29) is 0 Å². The standard InChI is InChI=1S/C18H20Cl2N2/c19-17-7-6-14(8-18(17)20)16-12-22(11-15(16)9-21)10-13-4-2-1-3-5-13/h1-8,15-16H,9-12,21H2/t15-,16-/m0/s1. The van der Waals surface area contributed by atoms with Gasteiger partial charge in [0.2, 0.25) is 0 Å². The summed E-state index contributed by atoms with van der Waals surface area (Å²) in [6.45, 7) is 3.69. The van der Waals surface area contributed by atoms with E-state index in [1.807, 2.05) is 12.1 Å². The predicted octanol–water partition coefficient (Wildman–Crippen LogP) is 4.17. The van der Waals surface area contributed by atoms with E-state index in [2.05, 4.69) is 41.3 Å². The van der Waals surface area contributed by atoms with Crippen LogP contribution >= 0.6 is 23.2 Å². The highest BCUT2D eigenvalue weighted by Crippen LogP contribution is 2.35. The van der Waals surface area contributed by atoms with E-state index in [9.17, 15) is 0 Å². The summed E-state index contributed by atoms with van der Waals surface area (Å²) in [6, 6.07) is 16.5. The van der Waals surface area contributed by atoms with Gasteiger partial charge in [0.05, 0.1) is 10.0 Å². The Morgan fingerprint density at radius 2 is 1.77 bits per heavy atom. The van der Waals surface area contributed by atoms with Gasteiger partial charge in [-0.1, -0.05) is 59.6 Å². The fourth-order valence-electron chi connectivity index (χ4n) is 3.29. The maximum absolute atomic E-state index is 6.17. The van der Waals surface area contributed by atoms with Crippen LogP contribution in [0.2, 0.25) is 10.0 Å². The first-order valence-electron chi connectivity index (χ1n) is 7.58. The number of halogens is 2. The van der Waals surface area contributed by atoms with E-state index in [4.69, 9.17) is 28.9 Å². The van der Waals surface area contributed by atoms with Crippen molar-refractivity contribution in [1.82, 2.24) is 4.90 Å². The second-order valence-electron chi connectivity index (χ2n) is 5.96. The van der Waals surface area contributed by atoms with Gasteiger partial charge in [-0.3, -0.25) is 4.90 Å². The first-order valence-corrected chi connectivity index (χ1v) is 8.34. The third-order valence-electron chi connectivity index (χ3n) is 4.44. The molecule has 0 bridgehead atoms. The Kier molecular flexibility index (Phi) is 5.04. The lowest BCUT2D eigenvalue weighted by Crippen LogP contribution is -2.23. The first kappa shape index (κ1) is 15.8. The Labute approximate surface area is 141 Å². The van der Waals surface area contributed by atoms with E-state index < -0.39 is 0 Å². The van der Waals surface area contributed by atoms with Crippen LogP contribution in [-0.2, 0) is 6.54 Å². The van der Waals surface area contributed by atoms with Crippen molar-refractivity contribution >= 4 is 23.2 Å². The second-order valence-corrected chi connectivity index (χ2v) is 6.77. The minimum absolute atomic E-state index is 0.420. The van der Waals surface area contributed by atoms with E-state index in [0.717, 1.165) is 19.6 Å². The summed E-state index contributed by atoms with van der Waals surface area (Å²) in [5, 5.41) is 1.23. The molecule has 2 aromatic carbocycles. The molecule has 4 heteroatoms. The first-order chi connectivity index (χ1) is 10.7. The van der Waals surface area contributed by atoms with Crippen molar-refractivity contribution in [2.24, 2.45) is 11.7 Å². The molecule has 0 saturated carbocycles. The van der Waals surface area contributed by atoms with Crippen molar-refractivity contribution in [3.05, 3.63) is 69.7 Å². The molecular weight excluding hydrogens is 315 g/mol. The van der Waals surface area contributed by atoms with Gasteiger partial charge >= 0.3 is 0 Å². The molecular formula is C18H20Cl2N2. The average molecular weight is 335 g/mol. The van der Waals surface area contributed by atoms with Crippen molar-refractivity contribution < 1.29 is 0 Å². The van der Waals surface area contributed by atoms with Crippen LogP contribution < -0.4 is 5.73 Å². The molecule has 1 aliphatic rings. The molecule has 22 heavy (non-hydrogen) atoms. The molecule has 2 N–H and O–H groups in total. The van der Waals surface area contributed by atoms with Gasteiger partial charge in [0.15, 0.2) is 0 Å². The predicted molar refractivity (Wildman–Crippen MR) is 93.5 cm³/mol. The Hall–Kier alpha value is -1.06. The Balaban J connectivity index is 1.75. The number of rotatable bonds is 4. The largest absolute Gasteiger partial charge is 0.330 e. The van der Waals surface area contributed by atoms with E-state index in [1.165, 1.54) is 11.1 Å². The second kappa shape index (κ2) is 7.01. The molecule has 1 saturated heterocycles. The highest BCUT2D eigenvalue weighted by molar-refractivity contribution is 6.42. The van der Waals surface area contributed by atoms with E-state index in [1.54, 1.807) is 0 Å². The molecule has 2 atom stereocenters. The quantitative estimate of drug-likeness (QED) is 0.909. The maximum atomic E-state index is 6.17. The van der Waals surface area contributed by atoms with Gasteiger partial charge < -0.3 is 5.73 Å².